The molecule has 0 aliphatic heterocycles. The Bertz CT molecular complexity index is 561. The number of fused-ring (bicyclic) bond motifs is 1. The van der Waals surface area contributed by atoms with Gasteiger partial charge < -0.3 is 15.2 Å². The van der Waals surface area contributed by atoms with Gasteiger partial charge in [0.1, 0.15) is 5.82 Å². The fraction of sp³-hybridized carbons (Fsp3) is 0.462. The van der Waals surface area contributed by atoms with Crippen LogP contribution in [0.2, 0.25) is 0 Å². The molecule has 0 unspecified atom stereocenters. The molecule has 0 saturated carbocycles. The second-order valence-electron chi connectivity index (χ2n) is 4.85. The van der Waals surface area contributed by atoms with E-state index in [4.69, 9.17) is 15.2 Å². The van der Waals surface area contributed by atoms with Crippen LogP contribution < -0.4 is 10.5 Å². The van der Waals surface area contributed by atoms with E-state index < -0.39 is 0 Å². The zero-order chi connectivity index (χ0) is 13.3. The Morgan fingerprint density at radius 2 is 2.11 bits per heavy atom. The van der Waals surface area contributed by atoms with Crippen molar-refractivity contribution in [2.45, 2.75) is 25.9 Å². The van der Waals surface area contributed by atoms with Gasteiger partial charge in [0.2, 0.25) is 0 Å². The van der Waals surface area contributed by atoms with Crippen molar-refractivity contribution in [1.82, 2.24) is 9.38 Å². The Hall–Kier alpha value is -1.75. The molecule has 2 heterocycles. The van der Waals surface area contributed by atoms with E-state index in [1.54, 1.807) is 14.2 Å². The van der Waals surface area contributed by atoms with Gasteiger partial charge in [-0.05, 0) is 26.0 Å². The molecule has 2 rings (SSSR count). The van der Waals surface area contributed by atoms with Crippen molar-refractivity contribution in [2.24, 2.45) is 0 Å². The maximum Gasteiger partial charge on any atom is 0.181 e. The van der Waals surface area contributed by atoms with E-state index in [0.29, 0.717) is 18.0 Å². The van der Waals surface area contributed by atoms with E-state index >= 15 is 0 Å². The first-order valence-electron chi connectivity index (χ1n) is 5.83. The summed E-state index contributed by atoms with van der Waals surface area (Å²) in [5, 5.41) is 0. The number of imidazole rings is 1. The summed E-state index contributed by atoms with van der Waals surface area (Å²) >= 11 is 0. The summed E-state index contributed by atoms with van der Waals surface area (Å²) in [6.45, 7) is 4.02. The molecule has 5 heteroatoms. The average molecular weight is 249 g/mol. The lowest BCUT2D eigenvalue weighted by Gasteiger charge is -2.21. The lowest BCUT2D eigenvalue weighted by Crippen LogP contribution is -2.26. The van der Waals surface area contributed by atoms with Gasteiger partial charge in [0, 0.05) is 19.7 Å². The van der Waals surface area contributed by atoms with Gasteiger partial charge in [0.15, 0.2) is 11.4 Å². The number of anilines is 1. The number of nitrogens with two attached hydrogens (primary N) is 1. The topological polar surface area (TPSA) is 61.8 Å². The van der Waals surface area contributed by atoms with Crippen LogP contribution in [0.15, 0.2) is 18.3 Å². The predicted molar refractivity (Wildman–Crippen MR) is 70.9 cm³/mol. The van der Waals surface area contributed by atoms with Gasteiger partial charge in [0.05, 0.1) is 18.4 Å². The normalized spacial score (nSPS) is 12.0. The Labute approximate surface area is 107 Å². The maximum atomic E-state index is 6.11. The van der Waals surface area contributed by atoms with Crippen LogP contribution in [0, 0.1) is 0 Å². The van der Waals surface area contributed by atoms with Crippen LogP contribution in [-0.2, 0) is 11.2 Å². The van der Waals surface area contributed by atoms with Crippen molar-refractivity contribution in [2.75, 3.05) is 20.0 Å². The summed E-state index contributed by atoms with van der Waals surface area (Å²) in [6, 6.07) is 3.75. The fourth-order valence-electron chi connectivity index (χ4n) is 1.87. The lowest BCUT2D eigenvalue weighted by atomic mass is 10.0. The second-order valence-corrected chi connectivity index (χ2v) is 4.85. The molecule has 2 aromatic rings. The van der Waals surface area contributed by atoms with Crippen LogP contribution in [0.1, 0.15) is 19.5 Å². The molecule has 0 fully saturated rings. The number of ether oxygens (including phenoxy) is 2. The molecule has 0 radical (unpaired) electrons. The molecule has 98 valence electrons. The van der Waals surface area contributed by atoms with Crippen LogP contribution in [0.4, 0.5) is 5.82 Å². The molecular formula is C13H19N3O2. The highest BCUT2D eigenvalue weighted by Gasteiger charge is 2.22. The fourth-order valence-corrected chi connectivity index (χ4v) is 1.87. The van der Waals surface area contributed by atoms with Crippen LogP contribution in [0.5, 0.6) is 5.75 Å². The van der Waals surface area contributed by atoms with Crippen molar-refractivity contribution >= 4 is 11.5 Å². The van der Waals surface area contributed by atoms with Crippen molar-refractivity contribution in [3.63, 3.8) is 0 Å². The highest BCUT2D eigenvalue weighted by atomic mass is 16.5. The van der Waals surface area contributed by atoms with Crippen LogP contribution >= 0.6 is 0 Å². The molecule has 18 heavy (non-hydrogen) atoms. The third kappa shape index (κ3) is 2.13. The van der Waals surface area contributed by atoms with E-state index in [1.807, 2.05) is 36.6 Å². The van der Waals surface area contributed by atoms with Gasteiger partial charge >= 0.3 is 0 Å². The van der Waals surface area contributed by atoms with Crippen LogP contribution in [-0.4, -0.2) is 29.2 Å². The summed E-state index contributed by atoms with van der Waals surface area (Å²) in [5.41, 5.74) is 7.38. The molecule has 2 N–H and O–H groups in total. The van der Waals surface area contributed by atoms with Gasteiger partial charge in [-0.2, -0.15) is 0 Å². The van der Waals surface area contributed by atoms with Crippen LogP contribution in [0.25, 0.3) is 5.65 Å². The Balaban J connectivity index is 2.50. The Kier molecular flexibility index (Phi) is 3.17. The third-order valence-electron chi connectivity index (χ3n) is 3.09. The number of hydrogen-bond acceptors (Lipinski definition) is 4. The Morgan fingerprint density at radius 1 is 1.39 bits per heavy atom. The number of aromatic nitrogens is 2. The quantitative estimate of drug-likeness (QED) is 0.898. The molecule has 0 spiro atoms. The van der Waals surface area contributed by atoms with E-state index in [-0.39, 0.29) is 5.60 Å². The van der Waals surface area contributed by atoms with Crippen molar-refractivity contribution in [3.8, 4) is 5.75 Å². The molecule has 0 aliphatic rings. The summed E-state index contributed by atoms with van der Waals surface area (Å²) in [5.74, 6) is 1.35. The first-order chi connectivity index (χ1) is 8.48. The average Bonchev–Trinajstić information content (AvgIpc) is 2.66. The predicted octanol–water partition coefficient (Wildman–Crippen LogP) is 1.89. The first-order valence-corrected chi connectivity index (χ1v) is 5.83. The smallest absolute Gasteiger partial charge is 0.181 e. The van der Waals surface area contributed by atoms with Crippen molar-refractivity contribution < 1.29 is 9.47 Å². The van der Waals surface area contributed by atoms with E-state index in [2.05, 4.69) is 4.98 Å². The number of nitrogen functional groups attached to an aromatic ring is 1. The minimum atomic E-state index is -0.292. The highest BCUT2D eigenvalue weighted by Crippen LogP contribution is 2.26. The van der Waals surface area contributed by atoms with Gasteiger partial charge in [0.25, 0.3) is 0 Å². The summed E-state index contributed by atoms with van der Waals surface area (Å²) in [6.07, 6.45) is 2.53. The molecule has 0 aromatic carbocycles. The Morgan fingerprint density at radius 3 is 2.72 bits per heavy atom. The SMILES string of the molecule is COc1cccn2c(N)c(CC(C)(C)OC)nc12. The lowest BCUT2D eigenvalue weighted by molar-refractivity contribution is 0.0226. The number of rotatable bonds is 4. The highest BCUT2D eigenvalue weighted by molar-refractivity contribution is 5.61. The second kappa shape index (κ2) is 4.49. The molecule has 5 nitrogen and oxygen atoms in total. The van der Waals surface area contributed by atoms with Gasteiger partial charge in [-0.25, -0.2) is 4.98 Å². The molecular weight excluding hydrogens is 230 g/mol. The van der Waals surface area contributed by atoms with Gasteiger partial charge in [-0.1, -0.05) is 0 Å². The van der Waals surface area contributed by atoms with Crippen molar-refractivity contribution in [3.05, 3.63) is 24.0 Å². The van der Waals surface area contributed by atoms with Gasteiger partial charge in [-0.15, -0.1) is 0 Å². The summed E-state index contributed by atoms with van der Waals surface area (Å²) in [7, 11) is 3.31. The van der Waals surface area contributed by atoms with Crippen molar-refractivity contribution in [1.29, 1.82) is 0 Å². The molecule has 0 aliphatic carbocycles. The maximum absolute atomic E-state index is 6.11. The monoisotopic (exact) mass is 249 g/mol. The summed E-state index contributed by atoms with van der Waals surface area (Å²) < 4.78 is 12.5. The zero-order valence-corrected chi connectivity index (χ0v) is 11.2. The minimum absolute atomic E-state index is 0.292. The molecule has 0 saturated heterocycles. The molecule has 0 bridgehead atoms. The van der Waals surface area contributed by atoms with E-state index in [9.17, 15) is 0 Å². The molecule has 0 atom stereocenters. The molecule has 2 aromatic heterocycles. The first kappa shape index (κ1) is 12.7. The van der Waals surface area contributed by atoms with Crippen LogP contribution in [0.3, 0.4) is 0 Å². The zero-order valence-electron chi connectivity index (χ0n) is 11.2. The van der Waals surface area contributed by atoms with E-state index in [1.165, 1.54) is 0 Å². The third-order valence-corrected chi connectivity index (χ3v) is 3.09. The summed E-state index contributed by atoms with van der Waals surface area (Å²) in [4.78, 5) is 4.55. The largest absolute Gasteiger partial charge is 0.493 e. The minimum Gasteiger partial charge on any atom is -0.493 e. The number of hydrogen-bond donors (Lipinski definition) is 1. The van der Waals surface area contributed by atoms with Gasteiger partial charge in [-0.3, -0.25) is 4.40 Å². The number of nitrogens with zero attached hydrogens (tertiary/aromatic N) is 2. The number of pyridine rings is 1. The standard InChI is InChI=1S/C13H19N3O2/c1-13(2,18-4)8-9-11(14)16-7-5-6-10(17-3)12(16)15-9/h5-7H,8,14H2,1-4H3. The van der Waals surface area contributed by atoms with E-state index in [0.717, 1.165) is 11.3 Å². The number of methoxy groups -OCH3 is 2. The molecule has 0 amide bonds.